The molecular formula is C9H10ClNO4S. The van der Waals surface area contributed by atoms with E-state index in [4.69, 9.17) is 21.8 Å². The summed E-state index contributed by atoms with van der Waals surface area (Å²) in [6, 6.07) is 1.60. The maximum atomic E-state index is 11.5. The summed E-state index contributed by atoms with van der Waals surface area (Å²) < 4.78 is 0. The summed E-state index contributed by atoms with van der Waals surface area (Å²) >= 11 is 6.93. The van der Waals surface area contributed by atoms with Crippen molar-refractivity contribution in [3.8, 4) is 0 Å². The molecule has 1 atom stereocenters. The molecule has 1 rings (SSSR count). The molecule has 0 radical (unpaired) electrons. The van der Waals surface area contributed by atoms with Crippen LogP contribution in [0.4, 0.5) is 0 Å². The molecule has 3 N–H and O–H groups in total. The zero-order valence-corrected chi connectivity index (χ0v) is 9.72. The lowest BCUT2D eigenvalue weighted by atomic mass is 10.2. The molecule has 1 aromatic rings. The van der Waals surface area contributed by atoms with E-state index >= 15 is 0 Å². The molecule has 0 aromatic carbocycles. The van der Waals surface area contributed by atoms with Crippen molar-refractivity contribution >= 4 is 34.8 Å². The molecule has 0 bridgehead atoms. The van der Waals surface area contributed by atoms with Gasteiger partial charge in [0, 0.05) is 13.0 Å². The number of hydrogen-bond acceptors (Lipinski definition) is 4. The number of aliphatic hydroxyl groups is 1. The number of carboxylic acids is 1. The molecule has 5 nitrogen and oxygen atoms in total. The topological polar surface area (TPSA) is 86.6 Å². The van der Waals surface area contributed by atoms with Crippen molar-refractivity contribution in [3.05, 3.63) is 21.3 Å². The number of carboxylic acid groups (broad SMARTS) is 1. The highest BCUT2D eigenvalue weighted by atomic mass is 35.5. The smallest absolute Gasteiger partial charge is 0.332 e. The predicted molar refractivity (Wildman–Crippen MR) is 59.9 cm³/mol. The van der Waals surface area contributed by atoms with Crippen LogP contribution in [-0.4, -0.2) is 34.7 Å². The Bertz CT molecular complexity index is 393. The van der Waals surface area contributed by atoms with Gasteiger partial charge in [0.2, 0.25) is 0 Å². The molecule has 0 saturated carbocycles. The summed E-state index contributed by atoms with van der Waals surface area (Å²) in [6.07, 6.45) is -1.50. The van der Waals surface area contributed by atoms with Gasteiger partial charge in [-0.2, -0.15) is 0 Å². The van der Waals surface area contributed by atoms with Crippen LogP contribution in [0.3, 0.4) is 0 Å². The van der Waals surface area contributed by atoms with E-state index in [1.54, 1.807) is 11.4 Å². The Labute approximate surface area is 101 Å². The Morgan fingerprint density at radius 1 is 1.56 bits per heavy atom. The van der Waals surface area contributed by atoms with Crippen molar-refractivity contribution in [2.45, 2.75) is 12.5 Å². The highest BCUT2D eigenvalue weighted by Crippen LogP contribution is 2.21. The molecule has 0 spiro atoms. The average molecular weight is 264 g/mol. The lowest BCUT2D eigenvalue weighted by molar-refractivity contribution is -0.146. The van der Waals surface area contributed by atoms with Crippen molar-refractivity contribution in [1.82, 2.24) is 5.32 Å². The van der Waals surface area contributed by atoms with E-state index < -0.39 is 12.1 Å². The van der Waals surface area contributed by atoms with Gasteiger partial charge in [-0.15, -0.1) is 11.3 Å². The number of hydrogen-bond donors (Lipinski definition) is 3. The minimum atomic E-state index is -1.46. The highest BCUT2D eigenvalue weighted by molar-refractivity contribution is 7.12. The maximum Gasteiger partial charge on any atom is 0.332 e. The van der Waals surface area contributed by atoms with Crippen LogP contribution >= 0.6 is 22.9 Å². The highest BCUT2D eigenvalue weighted by Gasteiger charge is 2.15. The Balaban J connectivity index is 2.37. The molecule has 1 aromatic heterocycles. The second-order valence-electron chi connectivity index (χ2n) is 3.00. The number of halogens is 1. The summed E-state index contributed by atoms with van der Waals surface area (Å²) in [5, 5.41) is 21.9. The van der Waals surface area contributed by atoms with E-state index in [-0.39, 0.29) is 18.9 Å². The van der Waals surface area contributed by atoms with Crippen LogP contribution in [0.25, 0.3) is 0 Å². The fourth-order valence-electron chi connectivity index (χ4n) is 0.982. The summed E-state index contributed by atoms with van der Waals surface area (Å²) in [4.78, 5) is 22.1. The van der Waals surface area contributed by atoms with Gasteiger partial charge in [0.25, 0.3) is 5.91 Å². The third-order valence-corrected chi connectivity index (χ3v) is 3.15. The first-order chi connectivity index (χ1) is 7.52. The Hall–Kier alpha value is -1.11. The van der Waals surface area contributed by atoms with Crippen molar-refractivity contribution in [2.75, 3.05) is 6.54 Å². The van der Waals surface area contributed by atoms with Crippen LogP contribution in [0.15, 0.2) is 11.4 Å². The second-order valence-corrected chi connectivity index (χ2v) is 4.32. The molecule has 88 valence electrons. The van der Waals surface area contributed by atoms with Gasteiger partial charge in [-0.3, -0.25) is 4.79 Å². The van der Waals surface area contributed by atoms with E-state index in [0.717, 1.165) is 0 Å². The van der Waals surface area contributed by atoms with Crippen molar-refractivity contribution in [3.63, 3.8) is 0 Å². The molecule has 1 amide bonds. The number of aliphatic carboxylic acids is 1. The normalized spacial score (nSPS) is 12.1. The lowest BCUT2D eigenvalue weighted by Gasteiger charge is -2.06. The first kappa shape index (κ1) is 13.0. The number of thiophene rings is 1. The molecule has 0 fully saturated rings. The number of rotatable bonds is 5. The number of carbonyl (C=O) groups is 2. The largest absolute Gasteiger partial charge is 0.479 e. The summed E-state index contributed by atoms with van der Waals surface area (Å²) in [6.45, 7) is 0.0839. The first-order valence-electron chi connectivity index (χ1n) is 4.44. The molecular weight excluding hydrogens is 254 g/mol. The Morgan fingerprint density at radius 2 is 2.25 bits per heavy atom. The van der Waals surface area contributed by atoms with E-state index in [9.17, 15) is 9.59 Å². The number of nitrogens with one attached hydrogen (secondary N) is 1. The number of aliphatic hydroxyl groups excluding tert-OH is 1. The van der Waals surface area contributed by atoms with Crippen LogP contribution in [0, 0.1) is 0 Å². The minimum Gasteiger partial charge on any atom is -0.479 e. The van der Waals surface area contributed by atoms with Gasteiger partial charge in [0.05, 0.1) is 5.02 Å². The van der Waals surface area contributed by atoms with Crippen LogP contribution in [-0.2, 0) is 4.79 Å². The lowest BCUT2D eigenvalue weighted by Crippen LogP contribution is -2.29. The molecule has 16 heavy (non-hydrogen) atoms. The van der Waals surface area contributed by atoms with Gasteiger partial charge >= 0.3 is 5.97 Å². The molecule has 0 aliphatic rings. The van der Waals surface area contributed by atoms with E-state index in [2.05, 4.69) is 5.32 Å². The van der Waals surface area contributed by atoms with Crippen LogP contribution in [0.2, 0.25) is 5.02 Å². The van der Waals surface area contributed by atoms with Gasteiger partial charge in [0.1, 0.15) is 4.88 Å². The molecule has 0 unspecified atom stereocenters. The van der Waals surface area contributed by atoms with Gasteiger partial charge < -0.3 is 15.5 Å². The standard InChI is InChI=1S/C9H10ClNO4S/c10-5-2-4-16-7(5)8(13)11-3-1-6(12)9(14)15/h2,4,6,12H,1,3H2,(H,11,13)(H,14,15)/t6-/m0/s1. The van der Waals surface area contributed by atoms with Gasteiger partial charge in [-0.25, -0.2) is 4.79 Å². The first-order valence-corrected chi connectivity index (χ1v) is 5.70. The van der Waals surface area contributed by atoms with Crippen LogP contribution in [0.1, 0.15) is 16.1 Å². The van der Waals surface area contributed by atoms with Crippen LogP contribution in [0.5, 0.6) is 0 Å². The zero-order valence-electron chi connectivity index (χ0n) is 8.14. The van der Waals surface area contributed by atoms with Gasteiger partial charge in [0.15, 0.2) is 6.10 Å². The molecule has 0 aliphatic heterocycles. The zero-order chi connectivity index (χ0) is 12.1. The second kappa shape index (κ2) is 5.83. The molecule has 7 heteroatoms. The third-order valence-electron chi connectivity index (χ3n) is 1.81. The monoisotopic (exact) mass is 263 g/mol. The summed E-state index contributed by atoms with van der Waals surface area (Å²) in [7, 11) is 0. The van der Waals surface area contributed by atoms with E-state index in [0.29, 0.717) is 9.90 Å². The third kappa shape index (κ3) is 3.48. The van der Waals surface area contributed by atoms with E-state index in [1.807, 2.05) is 0 Å². The van der Waals surface area contributed by atoms with Crippen molar-refractivity contribution < 1.29 is 19.8 Å². The van der Waals surface area contributed by atoms with Gasteiger partial charge in [-0.05, 0) is 11.4 Å². The minimum absolute atomic E-state index is 0.0376. The van der Waals surface area contributed by atoms with Crippen molar-refractivity contribution in [2.24, 2.45) is 0 Å². The molecule has 0 saturated heterocycles. The Morgan fingerprint density at radius 3 is 2.75 bits per heavy atom. The van der Waals surface area contributed by atoms with Crippen molar-refractivity contribution in [1.29, 1.82) is 0 Å². The molecule has 0 aliphatic carbocycles. The Kier molecular flexibility index (Phi) is 4.72. The number of carbonyl (C=O) groups excluding carboxylic acids is 1. The summed E-state index contributed by atoms with van der Waals surface area (Å²) in [5.41, 5.74) is 0. The maximum absolute atomic E-state index is 11.5. The van der Waals surface area contributed by atoms with Gasteiger partial charge in [-0.1, -0.05) is 11.6 Å². The van der Waals surface area contributed by atoms with Crippen LogP contribution < -0.4 is 5.32 Å². The quantitative estimate of drug-likeness (QED) is 0.739. The number of amides is 1. The average Bonchev–Trinajstić information content (AvgIpc) is 2.64. The summed E-state index contributed by atoms with van der Waals surface area (Å²) in [5.74, 6) is -1.67. The molecule has 1 heterocycles. The predicted octanol–water partition coefficient (Wildman–Crippen LogP) is 0.967. The SMILES string of the molecule is O=C(NCC[C@H](O)C(=O)O)c1sccc1Cl. The fourth-order valence-corrected chi connectivity index (χ4v) is 2.04. The van der Waals surface area contributed by atoms with E-state index in [1.165, 1.54) is 11.3 Å². The fraction of sp³-hybridized carbons (Fsp3) is 0.333.